The van der Waals surface area contributed by atoms with E-state index in [2.05, 4.69) is 5.32 Å². The molecule has 2 aliphatic rings. The summed E-state index contributed by atoms with van der Waals surface area (Å²) in [6.45, 7) is 0. The molecule has 0 aromatic heterocycles. The maximum atomic E-state index is 12.3. The molecule has 0 heterocycles. The maximum Gasteiger partial charge on any atom is 0.305 e. The van der Waals surface area contributed by atoms with Gasteiger partial charge in [-0.3, -0.25) is 9.59 Å². The Morgan fingerprint density at radius 2 is 1.95 bits per heavy atom. The van der Waals surface area contributed by atoms with E-state index in [1.54, 1.807) is 0 Å². The minimum Gasteiger partial charge on any atom is -0.481 e. The van der Waals surface area contributed by atoms with Gasteiger partial charge in [-0.1, -0.05) is 36.8 Å². The van der Waals surface area contributed by atoms with E-state index in [-0.39, 0.29) is 12.3 Å². The quantitative estimate of drug-likeness (QED) is 0.848. The van der Waals surface area contributed by atoms with Gasteiger partial charge in [0.2, 0.25) is 5.91 Å². The van der Waals surface area contributed by atoms with Crippen molar-refractivity contribution in [1.29, 1.82) is 0 Å². The van der Waals surface area contributed by atoms with Gasteiger partial charge in [0.1, 0.15) is 0 Å². The third-order valence-corrected chi connectivity index (χ3v) is 5.25. The number of nitrogens with one attached hydrogen (secondary N) is 1. The van der Waals surface area contributed by atoms with Crippen molar-refractivity contribution < 1.29 is 14.7 Å². The van der Waals surface area contributed by atoms with Gasteiger partial charge in [0.25, 0.3) is 0 Å². The molecular weight excluding hydrogens is 278 g/mol. The van der Waals surface area contributed by atoms with Crippen molar-refractivity contribution in [3.8, 4) is 0 Å². The molecule has 1 aromatic carbocycles. The molecule has 3 rings (SSSR count). The lowest BCUT2D eigenvalue weighted by Crippen LogP contribution is -2.32. The molecule has 118 valence electrons. The standard InChI is InChI=1S/C18H23NO3/c20-17(10-15-9-12-6-7-14(15)8-12)19-16(11-18(21)22)13-4-2-1-3-5-13/h1-5,12,14-16H,6-11H2,(H,19,20)(H,21,22). The van der Waals surface area contributed by atoms with E-state index in [1.807, 2.05) is 30.3 Å². The molecule has 4 atom stereocenters. The zero-order chi connectivity index (χ0) is 15.5. The van der Waals surface area contributed by atoms with Crippen molar-refractivity contribution in [2.45, 2.75) is 44.6 Å². The first-order chi connectivity index (χ1) is 10.6. The summed E-state index contributed by atoms with van der Waals surface area (Å²) in [5, 5.41) is 12.0. The first-order valence-electron chi connectivity index (χ1n) is 8.18. The summed E-state index contributed by atoms with van der Waals surface area (Å²) >= 11 is 0. The van der Waals surface area contributed by atoms with Crippen LogP contribution in [0.25, 0.3) is 0 Å². The number of rotatable bonds is 6. The molecule has 4 nitrogen and oxygen atoms in total. The summed E-state index contributed by atoms with van der Waals surface area (Å²) in [7, 11) is 0. The van der Waals surface area contributed by atoms with Crippen molar-refractivity contribution in [2.24, 2.45) is 17.8 Å². The van der Waals surface area contributed by atoms with Gasteiger partial charge in [-0.15, -0.1) is 0 Å². The predicted octanol–water partition coefficient (Wildman–Crippen LogP) is 3.14. The van der Waals surface area contributed by atoms with E-state index < -0.39 is 12.0 Å². The second kappa shape index (κ2) is 6.51. The van der Waals surface area contributed by atoms with Crippen LogP contribution in [0.1, 0.15) is 50.1 Å². The van der Waals surface area contributed by atoms with Crippen LogP contribution < -0.4 is 5.32 Å². The Morgan fingerprint density at radius 1 is 1.18 bits per heavy atom. The van der Waals surface area contributed by atoms with Crippen LogP contribution in [-0.4, -0.2) is 17.0 Å². The van der Waals surface area contributed by atoms with Gasteiger partial charge in [0.15, 0.2) is 0 Å². The number of aliphatic carboxylic acids is 1. The van der Waals surface area contributed by atoms with Crippen LogP contribution in [0.4, 0.5) is 0 Å². The number of fused-ring (bicyclic) bond motifs is 2. The highest BCUT2D eigenvalue weighted by molar-refractivity contribution is 5.78. The van der Waals surface area contributed by atoms with Crippen LogP contribution in [0, 0.1) is 17.8 Å². The van der Waals surface area contributed by atoms with Crippen molar-refractivity contribution >= 4 is 11.9 Å². The van der Waals surface area contributed by atoms with Gasteiger partial charge in [-0.25, -0.2) is 0 Å². The highest BCUT2D eigenvalue weighted by Crippen LogP contribution is 2.49. The third kappa shape index (κ3) is 3.49. The van der Waals surface area contributed by atoms with Gasteiger partial charge in [-0.05, 0) is 42.6 Å². The predicted molar refractivity (Wildman–Crippen MR) is 83.1 cm³/mol. The van der Waals surface area contributed by atoms with E-state index in [0.717, 1.165) is 11.5 Å². The van der Waals surface area contributed by atoms with Crippen LogP contribution >= 0.6 is 0 Å². The lowest BCUT2D eigenvalue weighted by Gasteiger charge is -2.23. The minimum absolute atomic E-state index is 0.00680. The molecule has 2 N–H and O–H groups in total. The molecule has 4 heteroatoms. The highest BCUT2D eigenvalue weighted by atomic mass is 16.4. The third-order valence-electron chi connectivity index (χ3n) is 5.25. The summed E-state index contributed by atoms with van der Waals surface area (Å²) in [5.41, 5.74) is 0.853. The van der Waals surface area contributed by atoms with Crippen molar-refractivity contribution in [3.63, 3.8) is 0 Å². The Morgan fingerprint density at radius 3 is 2.55 bits per heavy atom. The van der Waals surface area contributed by atoms with Gasteiger partial charge in [0.05, 0.1) is 12.5 Å². The van der Waals surface area contributed by atoms with Crippen LogP contribution in [0.5, 0.6) is 0 Å². The average Bonchev–Trinajstić information content (AvgIpc) is 3.09. The monoisotopic (exact) mass is 301 g/mol. The number of amides is 1. The minimum atomic E-state index is -0.894. The molecule has 2 bridgehead atoms. The van der Waals surface area contributed by atoms with Crippen LogP contribution in [0.3, 0.4) is 0 Å². The van der Waals surface area contributed by atoms with Crippen molar-refractivity contribution in [1.82, 2.24) is 5.32 Å². The number of benzene rings is 1. The van der Waals surface area contributed by atoms with Gasteiger partial charge in [0, 0.05) is 6.42 Å². The van der Waals surface area contributed by atoms with Crippen molar-refractivity contribution in [3.05, 3.63) is 35.9 Å². The number of carboxylic acid groups (broad SMARTS) is 1. The molecule has 0 radical (unpaired) electrons. The molecule has 0 saturated heterocycles. The summed E-state index contributed by atoms with van der Waals surface area (Å²) in [6, 6.07) is 8.91. The van der Waals surface area contributed by atoms with E-state index in [0.29, 0.717) is 18.3 Å². The molecule has 2 aliphatic carbocycles. The first kappa shape index (κ1) is 15.1. The number of carbonyl (C=O) groups excluding carboxylic acids is 1. The Kier molecular flexibility index (Phi) is 4.46. The van der Waals surface area contributed by atoms with Crippen LogP contribution in [0.2, 0.25) is 0 Å². The summed E-state index contributed by atoms with van der Waals surface area (Å²) in [4.78, 5) is 23.4. The van der Waals surface area contributed by atoms with Gasteiger partial charge >= 0.3 is 5.97 Å². The highest BCUT2D eigenvalue weighted by Gasteiger charge is 2.40. The fourth-order valence-electron chi connectivity index (χ4n) is 4.23. The summed E-state index contributed by atoms with van der Waals surface area (Å²) in [5.74, 6) is 1.14. The lowest BCUT2D eigenvalue weighted by atomic mass is 9.86. The number of hydrogen-bond acceptors (Lipinski definition) is 2. The van der Waals surface area contributed by atoms with Gasteiger partial charge < -0.3 is 10.4 Å². The maximum absolute atomic E-state index is 12.3. The van der Waals surface area contributed by atoms with Crippen LogP contribution in [0.15, 0.2) is 30.3 Å². The normalized spacial score (nSPS) is 27.5. The Bertz CT molecular complexity index is 543. The smallest absolute Gasteiger partial charge is 0.305 e. The zero-order valence-corrected chi connectivity index (χ0v) is 12.7. The number of carboxylic acids is 1. The Hall–Kier alpha value is -1.84. The molecule has 0 spiro atoms. The lowest BCUT2D eigenvalue weighted by molar-refractivity contribution is -0.137. The Labute approximate surface area is 130 Å². The number of carbonyl (C=O) groups is 2. The topological polar surface area (TPSA) is 66.4 Å². The largest absolute Gasteiger partial charge is 0.481 e. The molecular formula is C18H23NO3. The van der Waals surface area contributed by atoms with Crippen molar-refractivity contribution in [2.75, 3.05) is 0 Å². The molecule has 0 aliphatic heterocycles. The summed E-state index contributed by atoms with van der Waals surface area (Å²) in [6.07, 6.45) is 5.52. The average molecular weight is 301 g/mol. The summed E-state index contributed by atoms with van der Waals surface area (Å²) < 4.78 is 0. The molecule has 1 amide bonds. The second-order valence-corrected chi connectivity index (χ2v) is 6.77. The molecule has 2 fully saturated rings. The number of hydrogen-bond donors (Lipinski definition) is 2. The molecule has 22 heavy (non-hydrogen) atoms. The van der Waals surface area contributed by atoms with E-state index in [4.69, 9.17) is 5.11 Å². The first-order valence-corrected chi connectivity index (χ1v) is 8.18. The second-order valence-electron chi connectivity index (χ2n) is 6.77. The molecule has 2 saturated carbocycles. The van der Waals surface area contributed by atoms with Gasteiger partial charge in [-0.2, -0.15) is 0 Å². The van der Waals surface area contributed by atoms with E-state index in [1.165, 1.54) is 25.7 Å². The fraction of sp³-hybridized carbons (Fsp3) is 0.556. The van der Waals surface area contributed by atoms with E-state index in [9.17, 15) is 9.59 Å². The van der Waals surface area contributed by atoms with E-state index >= 15 is 0 Å². The SMILES string of the molecule is O=C(O)CC(NC(=O)CC1CC2CCC1C2)c1ccccc1. The molecule has 1 aromatic rings. The van der Waals surface area contributed by atoms with Crippen LogP contribution in [-0.2, 0) is 9.59 Å². The fourth-order valence-corrected chi connectivity index (χ4v) is 4.23. The Balaban J connectivity index is 1.60. The zero-order valence-electron chi connectivity index (χ0n) is 12.7. The molecule has 4 unspecified atom stereocenters.